The maximum atomic E-state index is 12.8. The first-order chi connectivity index (χ1) is 8.15. The summed E-state index contributed by atoms with van der Waals surface area (Å²) in [4.78, 5) is 11.5. The van der Waals surface area contributed by atoms with Gasteiger partial charge in [-0.3, -0.25) is 4.79 Å². The van der Waals surface area contributed by atoms with Gasteiger partial charge in [-0.05, 0) is 18.2 Å². The molecule has 1 aromatic heterocycles. The van der Waals surface area contributed by atoms with Crippen LogP contribution in [0.25, 0.3) is 10.8 Å². The molecule has 1 aromatic carbocycles. The van der Waals surface area contributed by atoms with Crippen LogP contribution in [0.2, 0.25) is 0 Å². The molecule has 1 unspecified atom stereocenters. The fraction of sp³-hybridized carbons (Fsp3) is 0.273. The van der Waals surface area contributed by atoms with Crippen LogP contribution in [-0.4, -0.2) is 22.5 Å². The third kappa shape index (κ3) is 1.93. The van der Waals surface area contributed by atoms with Crippen LogP contribution in [0.1, 0.15) is 6.42 Å². The van der Waals surface area contributed by atoms with E-state index >= 15 is 0 Å². The molecule has 1 saturated carbocycles. The Morgan fingerprint density at radius 1 is 1.47 bits per heavy atom. The number of nitrogens with one attached hydrogen (secondary N) is 1. The molecule has 88 valence electrons. The Bertz CT molecular complexity index is 643. The molecule has 1 aliphatic carbocycles. The number of halogens is 2. The maximum Gasteiger partial charge on any atom is 0.272 e. The van der Waals surface area contributed by atoms with E-state index in [9.17, 15) is 9.18 Å². The molecule has 17 heavy (non-hydrogen) atoms. The zero-order valence-corrected chi connectivity index (χ0v) is 10.2. The number of fused-ring (bicyclic) bond motifs is 1. The van der Waals surface area contributed by atoms with E-state index in [1.165, 1.54) is 0 Å². The number of aromatic amines is 1. The zero-order chi connectivity index (χ0) is 12.0. The Hall–Kier alpha value is -1.43. The molecule has 0 bridgehead atoms. The van der Waals surface area contributed by atoms with Gasteiger partial charge in [0.05, 0.1) is 10.8 Å². The third-order valence-corrected chi connectivity index (χ3v) is 3.13. The minimum atomic E-state index is -0.925. The molecule has 3 rings (SSSR count). The second-order valence-electron chi connectivity index (χ2n) is 3.96. The lowest BCUT2D eigenvalue weighted by molar-refractivity contribution is 0.252. The number of benzene rings is 1. The lowest BCUT2D eigenvalue weighted by atomic mass is 10.2. The van der Waals surface area contributed by atoms with Gasteiger partial charge in [0.2, 0.25) is 5.88 Å². The van der Waals surface area contributed by atoms with Crippen molar-refractivity contribution in [2.24, 2.45) is 0 Å². The van der Waals surface area contributed by atoms with E-state index in [2.05, 4.69) is 26.1 Å². The van der Waals surface area contributed by atoms with Crippen molar-refractivity contribution in [2.45, 2.75) is 18.7 Å². The number of rotatable bonds is 2. The van der Waals surface area contributed by atoms with Gasteiger partial charge in [0.1, 0.15) is 12.3 Å². The van der Waals surface area contributed by atoms with Gasteiger partial charge >= 0.3 is 0 Å². The van der Waals surface area contributed by atoms with Crippen molar-refractivity contribution in [2.75, 3.05) is 0 Å². The summed E-state index contributed by atoms with van der Waals surface area (Å²) in [6.07, 6.45) is -0.974. The molecule has 0 spiro atoms. The van der Waals surface area contributed by atoms with E-state index in [0.29, 0.717) is 17.2 Å². The molecule has 0 amide bonds. The summed E-state index contributed by atoms with van der Waals surface area (Å²) in [5.74, 6) is 0.269. The number of alkyl halides is 1. The molecule has 0 saturated heterocycles. The topological polar surface area (TPSA) is 55.0 Å². The second-order valence-corrected chi connectivity index (χ2v) is 4.87. The Kier molecular flexibility index (Phi) is 2.39. The van der Waals surface area contributed by atoms with Crippen LogP contribution in [0.3, 0.4) is 0 Å². The molecule has 0 aliphatic heterocycles. The van der Waals surface area contributed by atoms with E-state index in [1.807, 2.05) is 0 Å². The number of nitrogens with zero attached hydrogens (tertiary/aromatic N) is 1. The van der Waals surface area contributed by atoms with Crippen LogP contribution in [-0.2, 0) is 0 Å². The van der Waals surface area contributed by atoms with E-state index in [1.54, 1.807) is 18.2 Å². The van der Waals surface area contributed by atoms with Gasteiger partial charge in [0.25, 0.3) is 5.56 Å². The molecule has 6 heteroatoms. The van der Waals surface area contributed by atoms with Crippen molar-refractivity contribution < 1.29 is 9.13 Å². The van der Waals surface area contributed by atoms with Gasteiger partial charge in [0.15, 0.2) is 0 Å². The van der Waals surface area contributed by atoms with Crippen molar-refractivity contribution in [3.63, 3.8) is 0 Å². The predicted molar refractivity (Wildman–Crippen MR) is 64.0 cm³/mol. The molecular formula is C11H8BrFN2O2. The first kappa shape index (κ1) is 10.7. The third-order valence-electron chi connectivity index (χ3n) is 2.64. The molecule has 0 radical (unpaired) electrons. The first-order valence-electron chi connectivity index (χ1n) is 5.14. The highest BCUT2D eigenvalue weighted by atomic mass is 79.9. The number of hydrogen-bond donors (Lipinski definition) is 1. The molecule has 1 aliphatic rings. The molecule has 1 heterocycles. The second kappa shape index (κ2) is 3.80. The van der Waals surface area contributed by atoms with Crippen LogP contribution >= 0.6 is 15.9 Å². The summed E-state index contributed by atoms with van der Waals surface area (Å²) in [5.41, 5.74) is -0.285. The number of aromatic nitrogens is 2. The Balaban J connectivity index is 2.14. The quantitative estimate of drug-likeness (QED) is 0.924. The molecule has 4 nitrogen and oxygen atoms in total. The van der Waals surface area contributed by atoms with E-state index < -0.39 is 12.3 Å². The Labute approximate surface area is 104 Å². The lowest BCUT2D eigenvalue weighted by Crippen LogP contribution is -2.12. The van der Waals surface area contributed by atoms with Crippen molar-refractivity contribution >= 4 is 26.7 Å². The normalized spacial score (nSPS) is 22.7. The minimum absolute atomic E-state index is 0.269. The average molecular weight is 299 g/mol. The number of H-pyrrole nitrogens is 1. The van der Waals surface area contributed by atoms with E-state index in [-0.39, 0.29) is 11.4 Å². The molecule has 2 aromatic rings. The zero-order valence-electron chi connectivity index (χ0n) is 8.61. The predicted octanol–water partition coefficient (Wildman–Crippen LogP) is 2.17. The summed E-state index contributed by atoms with van der Waals surface area (Å²) < 4.78 is 19.0. The number of hydrogen-bond acceptors (Lipinski definition) is 3. The smallest absolute Gasteiger partial charge is 0.272 e. The Morgan fingerprint density at radius 3 is 2.94 bits per heavy atom. The fourth-order valence-corrected chi connectivity index (χ4v) is 1.97. The van der Waals surface area contributed by atoms with Crippen molar-refractivity contribution in [1.29, 1.82) is 0 Å². The molecule has 1 fully saturated rings. The van der Waals surface area contributed by atoms with Gasteiger partial charge in [-0.25, -0.2) is 9.49 Å². The van der Waals surface area contributed by atoms with Crippen molar-refractivity contribution in [3.05, 3.63) is 33.0 Å². The highest BCUT2D eigenvalue weighted by Gasteiger charge is 2.40. The molecular weight excluding hydrogens is 291 g/mol. The summed E-state index contributed by atoms with van der Waals surface area (Å²) in [6.45, 7) is 0. The van der Waals surface area contributed by atoms with Gasteiger partial charge in [-0.1, -0.05) is 15.9 Å². The summed E-state index contributed by atoms with van der Waals surface area (Å²) >= 11 is 3.32. The number of ether oxygens (including phenoxy) is 1. The van der Waals surface area contributed by atoms with Crippen LogP contribution in [0, 0.1) is 0 Å². The maximum absolute atomic E-state index is 12.8. The van der Waals surface area contributed by atoms with Gasteiger partial charge < -0.3 is 4.74 Å². The summed E-state index contributed by atoms with van der Waals surface area (Å²) in [6, 6.07) is 5.17. The van der Waals surface area contributed by atoms with E-state index in [0.717, 1.165) is 4.47 Å². The van der Waals surface area contributed by atoms with Gasteiger partial charge in [-0.2, -0.15) is 0 Å². The fourth-order valence-electron chi connectivity index (χ4n) is 1.61. The largest absolute Gasteiger partial charge is 0.470 e. The SMILES string of the molecule is O=c1[nH]nc(OC2C[C@H]2F)c2cc(Br)ccc12. The summed E-state index contributed by atoms with van der Waals surface area (Å²) in [7, 11) is 0. The van der Waals surface area contributed by atoms with Crippen LogP contribution in [0.15, 0.2) is 27.5 Å². The molecule has 1 N–H and O–H groups in total. The highest BCUT2D eigenvalue weighted by molar-refractivity contribution is 9.10. The van der Waals surface area contributed by atoms with Crippen LogP contribution in [0.5, 0.6) is 5.88 Å². The molecule has 2 atom stereocenters. The van der Waals surface area contributed by atoms with E-state index in [4.69, 9.17) is 4.74 Å². The minimum Gasteiger partial charge on any atom is -0.470 e. The Morgan fingerprint density at radius 2 is 2.24 bits per heavy atom. The lowest BCUT2D eigenvalue weighted by Gasteiger charge is -2.06. The van der Waals surface area contributed by atoms with Gasteiger partial charge in [0, 0.05) is 10.9 Å². The highest BCUT2D eigenvalue weighted by Crippen LogP contribution is 2.32. The van der Waals surface area contributed by atoms with Crippen molar-refractivity contribution in [1.82, 2.24) is 10.2 Å². The monoisotopic (exact) mass is 298 g/mol. The van der Waals surface area contributed by atoms with Gasteiger partial charge in [-0.15, -0.1) is 5.10 Å². The average Bonchev–Trinajstić information content (AvgIpc) is 2.98. The van der Waals surface area contributed by atoms with Crippen molar-refractivity contribution in [3.8, 4) is 5.88 Å². The standard InChI is InChI=1S/C11H8BrFN2O2/c12-5-1-2-6-7(3-5)11(15-14-10(6)16)17-9-4-8(9)13/h1-3,8-9H,4H2,(H,14,16)/t8-,9?/m1/s1. The van der Waals surface area contributed by atoms with Crippen LogP contribution < -0.4 is 10.3 Å². The first-order valence-corrected chi connectivity index (χ1v) is 5.93. The summed E-state index contributed by atoms with van der Waals surface area (Å²) in [5, 5.41) is 7.22. The van der Waals surface area contributed by atoms with Crippen LogP contribution in [0.4, 0.5) is 4.39 Å².